The predicted molar refractivity (Wildman–Crippen MR) is 118 cm³/mol. The molecular formula is C24H28N4O2. The van der Waals surface area contributed by atoms with Gasteiger partial charge in [-0.25, -0.2) is 0 Å². The van der Waals surface area contributed by atoms with Crippen molar-refractivity contribution in [3.05, 3.63) is 76.8 Å². The lowest BCUT2D eigenvalue weighted by Crippen LogP contribution is -2.48. The van der Waals surface area contributed by atoms with Crippen molar-refractivity contribution >= 4 is 12.0 Å². The van der Waals surface area contributed by atoms with Crippen LogP contribution >= 0.6 is 0 Å². The van der Waals surface area contributed by atoms with Crippen LogP contribution in [-0.4, -0.2) is 58.2 Å². The molecule has 1 amide bonds. The number of amides is 1. The highest BCUT2D eigenvalue weighted by Gasteiger charge is 2.25. The lowest BCUT2D eigenvalue weighted by Gasteiger charge is -2.34. The van der Waals surface area contributed by atoms with Gasteiger partial charge in [-0.15, -0.1) is 0 Å². The lowest BCUT2D eigenvalue weighted by atomic mass is 10.2. The lowest BCUT2D eigenvalue weighted by molar-refractivity contribution is 0.0649. The molecule has 0 saturated carbocycles. The van der Waals surface area contributed by atoms with E-state index in [1.807, 2.05) is 60.6 Å². The van der Waals surface area contributed by atoms with Crippen LogP contribution < -0.4 is 0 Å². The quantitative estimate of drug-likeness (QED) is 0.648. The molecule has 4 rings (SSSR count). The van der Waals surface area contributed by atoms with Crippen LogP contribution in [0, 0.1) is 20.8 Å². The summed E-state index contributed by atoms with van der Waals surface area (Å²) in [5, 5.41) is 4.10. The molecule has 3 heterocycles. The summed E-state index contributed by atoms with van der Waals surface area (Å²) in [6.45, 7) is 9.97. The Hall–Kier alpha value is -3.12. The van der Waals surface area contributed by atoms with Gasteiger partial charge in [0.2, 0.25) is 0 Å². The summed E-state index contributed by atoms with van der Waals surface area (Å²) in [6.07, 6.45) is 4.35. The SMILES string of the molecule is Cc1cc(-n2c(C)cc(C(=O)N3CCN(C/C=C/c4ccccc4)CC3)c2C)no1. The third kappa shape index (κ3) is 4.24. The maximum atomic E-state index is 13.2. The molecule has 2 aromatic heterocycles. The third-order valence-electron chi connectivity index (χ3n) is 5.64. The van der Waals surface area contributed by atoms with Crippen molar-refractivity contribution in [1.29, 1.82) is 0 Å². The average Bonchev–Trinajstić information content (AvgIpc) is 3.30. The molecule has 6 nitrogen and oxygen atoms in total. The van der Waals surface area contributed by atoms with Crippen molar-refractivity contribution in [2.24, 2.45) is 0 Å². The fourth-order valence-corrected chi connectivity index (χ4v) is 4.00. The molecule has 156 valence electrons. The van der Waals surface area contributed by atoms with Crippen LogP contribution in [0.15, 0.2) is 53.1 Å². The molecule has 1 aromatic carbocycles. The molecule has 1 fully saturated rings. The minimum atomic E-state index is 0.0917. The summed E-state index contributed by atoms with van der Waals surface area (Å²) in [6, 6.07) is 14.2. The molecule has 0 aliphatic carbocycles. The van der Waals surface area contributed by atoms with Gasteiger partial charge in [-0.05, 0) is 32.4 Å². The van der Waals surface area contributed by atoms with Gasteiger partial charge in [0.05, 0.1) is 5.56 Å². The first-order chi connectivity index (χ1) is 14.5. The van der Waals surface area contributed by atoms with E-state index in [-0.39, 0.29) is 5.91 Å². The van der Waals surface area contributed by atoms with Crippen LogP contribution in [-0.2, 0) is 0 Å². The van der Waals surface area contributed by atoms with Crippen LogP contribution in [0.4, 0.5) is 0 Å². The van der Waals surface area contributed by atoms with Gasteiger partial charge in [0.25, 0.3) is 5.91 Å². The second-order valence-corrected chi connectivity index (χ2v) is 7.82. The van der Waals surface area contributed by atoms with Crippen molar-refractivity contribution in [1.82, 2.24) is 19.5 Å². The Bertz CT molecular complexity index is 1040. The van der Waals surface area contributed by atoms with Gasteiger partial charge in [-0.1, -0.05) is 47.6 Å². The van der Waals surface area contributed by atoms with Gasteiger partial charge in [0.1, 0.15) is 5.76 Å². The number of rotatable bonds is 5. The van der Waals surface area contributed by atoms with Gasteiger partial charge in [-0.2, -0.15) is 0 Å². The second-order valence-electron chi connectivity index (χ2n) is 7.82. The Balaban J connectivity index is 1.37. The van der Waals surface area contributed by atoms with Crippen molar-refractivity contribution in [2.45, 2.75) is 20.8 Å². The van der Waals surface area contributed by atoms with Crippen LogP contribution in [0.25, 0.3) is 11.9 Å². The van der Waals surface area contributed by atoms with Crippen molar-refractivity contribution < 1.29 is 9.32 Å². The predicted octanol–water partition coefficient (Wildman–Crippen LogP) is 3.86. The number of hydrogen-bond donors (Lipinski definition) is 0. The second kappa shape index (κ2) is 8.71. The fourth-order valence-electron chi connectivity index (χ4n) is 4.00. The molecule has 0 spiro atoms. The van der Waals surface area contributed by atoms with E-state index in [1.165, 1.54) is 5.56 Å². The van der Waals surface area contributed by atoms with E-state index >= 15 is 0 Å². The van der Waals surface area contributed by atoms with E-state index < -0.39 is 0 Å². The number of carbonyl (C=O) groups excluding carboxylic acids is 1. The Morgan fingerprint density at radius 2 is 1.80 bits per heavy atom. The van der Waals surface area contributed by atoms with Gasteiger partial charge in [-0.3, -0.25) is 14.3 Å². The van der Waals surface area contributed by atoms with Crippen LogP contribution in [0.5, 0.6) is 0 Å². The normalized spacial score (nSPS) is 15.2. The number of carbonyl (C=O) groups is 1. The molecule has 1 aliphatic rings. The Morgan fingerprint density at radius 3 is 2.47 bits per heavy atom. The first kappa shape index (κ1) is 20.2. The van der Waals surface area contributed by atoms with Crippen molar-refractivity contribution in [2.75, 3.05) is 32.7 Å². The minimum absolute atomic E-state index is 0.0917. The number of nitrogens with zero attached hydrogens (tertiary/aromatic N) is 4. The number of aromatic nitrogens is 2. The summed E-state index contributed by atoms with van der Waals surface area (Å²) >= 11 is 0. The zero-order chi connectivity index (χ0) is 21.1. The molecule has 6 heteroatoms. The largest absolute Gasteiger partial charge is 0.360 e. The van der Waals surface area contributed by atoms with E-state index in [0.29, 0.717) is 0 Å². The molecule has 0 bridgehead atoms. The van der Waals surface area contributed by atoms with Crippen molar-refractivity contribution in [3.8, 4) is 5.82 Å². The first-order valence-corrected chi connectivity index (χ1v) is 10.4. The highest BCUT2D eigenvalue weighted by atomic mass is 16.5. The monoisotopic (exact) mass is 404 g/mol. The molecular weight excluding hydrogens is 376 g/mol. The fraction of sp³-hybridized carbons (Fsp3) is 0.333. The highest BCUT2D eigenvalue weighted by Crippen LogP contribution is 2.22. The van der Waals surface area contributed by atoms with Crippen LogP contribution in [0.1, 0.15) is 33.1 Å². The number of aryl methyl sites for hydroxylation is 2. The maximum absolute atomic E-state index is 13.2. The van der Waals surface area contributed by atoms with Crippen LogP contribution in [0.3, 0.4) is 0 Å². The maximum Gasteiger partial charge on any atom is 0.255 e. The number of piperazine rings is 1. The standard InChI is InChI=1S/C24H28N4O2/c1-18-16-22(20(3)28(18)23-17-19(2)30-25-23)24(29)27-14-12-26(13-15-27)11-7-10-21-8-5-4-6-9-21/h4-10,16-17H,11-15H2,1-3H3/b10-7+. The molecule has 1 saturated heterocycles. The van der Waals surface area contributed by atoms with Gasteiger partial charge in [0, 0.05) is 50.2 Å². The Morgan fingerprint density at radius 1 is 1.07 bits per heavy atom. The molecule has 0 radical (unpaired) electrons. The summed E-state index contributed by atoms with van der Waals surface area (Å²) < 4.78 is 7.19. The number of benzene rings is 1. The summed E-state index contributed by atoms with van der Waals surface area (Å²) in [5.41, 5.74) is 3.84. The Labute approximate surface area is 177 Å². The summed E-state index contributed by atoms with van der Waals surface area (Å²) in [4.78, 5) is 17.5. The Kier molecular flexibility index (Phi) is 5.86. The van der Waals surface area contributed by atoms with Gasteiger partial charge >= 0.3 is 0 Å². The first-order valence-electron chi connectivity index (χ1n) is 10.4. The smallest absolute Gasteiger partial charge is 0.255 e. The third-order valence-corrected chi connectivity index (χ3v) is 5.64. The van der Waals surface area contributed by atoms with E-state index in [1.54, 1.807) is 0 Å². The molecule has 0 N–H and O–H groups in total. The topological polar surface area (TPSA) is 54.5 Å². The average molecular weight is 405 g/mol. The van der Waals surface area contributed by atoms with Crippen LogP contribution in [0.2, 0.25) is 0 Å². The molecule has 0 atom stereocenters. The van der Waals surface area contributed by atoms with E-state index in [9.17, 15) is 4.79 Å². The van der Waals surface area contributed by atoms with E-state index in [2.05, 4.69) is 34.3 Å². The van der Waals surface area contributed by atoms with Crippen molar-refractivity contribution in [3.63, 3.8) is 0 Å². The minimum Gasteiger partial charge on any atom is -0.360 e. The highest BCUT2D eigenvalue weighted by molar-refractivity contribution is 5.96. The summed E-state index contributed by atoms with van der Waals surface area (Å²) in [5.74, 6) is 1.56. The summed E-state index contributed by atoms with van der Waals surface area (Å²) in [7, 11) is 0. The molecule has 1 aliphatic heterocycles. The van der Waals surface area contributed by atoms with Gasteiger partial charge in [0.15, 0.2) is 5.82 Å². The zero-order valence-corrected chi connectivity index (χ0v) is 17.8. The molecule has 30 heavy (non-hydrogen) atoms. The van der Waals surface area contributed by atoms with E-state index in [0.717, 1.165) is 61.3 Å². The van der Waals surface area contributed by atoms with E-state index in [4.69, 9.17) is 4.52 Å². The molecule has 0 unspecified atom stereocenters. The van der Waals surface area contributed by atoms with Gasteiger partial charge < -0.3 is 9.42 Å². The number of hydrogen-bond acceptors (Lipinski definition) is 4. The molecule has 3 aromatic rings. The zero-order valence-electron chi connectivity index (χ0n) is 17.8.